The Hall–Kier alpha value is -6.36. The van der Waals surface area contributed by atoms with Crippen molar-refractivity contribution in [2.45, 2.75) is 0 Å². The third-order valence-corrected chi connectivity index (χ3v) is 10.8. The Morgan fingerprint density at radius 1 is 0.440 bits per heavy atom. The summed E-state index contributed by atoms with van der Waals surface area (Å²) in [5.74, 6) is 0.727. The second-order valence-electron chi connectivity index (χ2n) is 12.6. The Morgan fingerprint density at radius 3 is 1.92 bits per heavy atom. The molecular weight excluding hydrogens is 627 g/mol. The van der Waals surface area contributed by atoms with Crippen molar-refractivity contribution in [2.24, 2.45) is 0 Å². The van der Waals surface area contributed by atoms with E-state index in [-0.39, 0.29) is 0 Å². The zero-order valence-corrected chi connectivity index (χ0v) is 27.8. The molecule has 0 amide bonds. The van der Waals surface area contributed by atoms with Crippen LogP contribution in [0.2, 0.25) is 0 Å². The van der Waals surface area contributed by atoms with Crippen LogP contribution < -0.4 is 0 Å². The first-order valence-electron chi connectivity index (χ1n) is 16.8. The van der Waals surface area contributed by atoms with Crippen molar-refractivity contribution in [1.82, 2.24) is 14.5 Å². The first-order valence-corrected chi connectivity index (χ1v) is 17.7. The second kappa shape index (κ2) is 11.7. The molecule has 7 aromatic carbocycles. The Balaban J connectivity index is 1.21. The van der Waals surface area contributed by atoms with Gasteiger partial charge in [0, 0.05) is 43.2 Å². The van der Waals surface area contributed by atoms with Gasteiger partial charge in [0.1, 0.15) is 0 Å². The van der Waals surface area contributed by atoms with Crippen molar-refractivity contribution in [3.05, 3.63) is 176 Å². The molecule has 10 rings (SSSR count). The molecule has 0 aliphatic heterocycles. The van der Waals surface area contributed by atoms with Gasteiger partial charge in [-0.25, -0.2) is 9.97 Å². The van der Waals surface area contributed by atoms with Gasteiger partial charge in [-0.2, -0.15) is 0 Å². The van der Waals surface area contributed by atoms with Crippen LogP contribution in [0.15, 0.2) is 176 Å². The minimum atomic E-state index is 0.727. The smallest absolute Gasteiger partial charge is 0.160 e. The molecular formula is C46H29N3S. The molecule has 234 valence electrons. The van der Waals surface area contributed by atoms with E-state index in [4.69, 9.17) is 9.97 Å². The highest BCUT2D eigenvalue weighted by Gasteiger charge is 2.19. The number of thiophene rings is 1. The van der Waals surface area contributed by atoms with E-state index in [9.17, 15) is 0 Å². The van der Waals surface area contributed by atoms with Gasteiger partial charge in [-0.15, -0.1) is 11.3 Å². The van der Waals surface area contributed by atoms with Crippen LogP contribution in [0.4, 0.5) is 0 Å². The quantitative estimate of drug-likeness (QED) is 0.185. The van der Waals surface area contributed by atoms with Gasteiger partial charge in [0.25, 0.3) is 0 Å². The molecule has 0 bridgehead atoms. The van der Waals surface area contributed by atoms with Crippen molar-refractivity contribution in [1.29, 1.82) is 0 Å². The average molecular weight is 656 g/mol. The third-order valence-electron chi connectivity index (χ3n) is 9.61. The van der Waals surface area contributed by atoms with E-state index in [1.165, 1.54) is 37.6 Å². The van der Waals surface area contributed by atoms with Gasteiger partial charge < -0.3 is 4.57 Å². The number of nitrogens with zero attached hydrogens (tertiary/aromatic N) is 3. The van der Waals surface area contributed by atoms with Gasteiger partial charge in [0.15, 0.2) is 5.82 Å². The maximum Gasteiger partial charge on any atom is 0.160 e. The highest BCUT2D eigenvalue weighted by atomic mass is 32.1. The summed E-state index contributed by atoms with van der Waals surface area (Å²) in [5.41, 5.74) is 12.3. The fourth-order valence-corrected chi connectivity index (χ4v) is 8.45. The summed E-state index contributed by atoms with van der Waals surface area (Å²) < 4.78 is 4.75. The fourth-order valence-electron chi connectivity index (χ4n) is 7.29. The van der Waals surface area contributed by atoms with E-state index < -0.39 is 0 Å². The molecule has 0 aliphatic carbocycles. The molecule has 3 heterocycles. The summed E-state index contributed by atoms with van der Waals surface area (Å²) >= 11 is 1.76. The van der Waals surface area contributed by atoms with Gasteiger partial charge >= 0.3 is 0 Å². The SMILES string of the molecule is c1ccc(-c2ccc3c(c2)c2cccc(-c4cccc(-c5nc(-c6ccccc6)c6sc7ccccc7c6n5)c4)c2n3-c2ccccc2)cc1. The maximum atomic E-state index is 5.27. The van der Waals surface area contributed by atoms with E-state index in [0.29, 0.717) is 0 Å². The van der Waals surface area contributed by atoms with Crippen LogP contribution in [-0.2, 0) is 0 Å². The molecule has 0 saturated heterocycles. The van der Waals surface area contributed by atoms with Gasteiger partial charge in [0.05, 0.1) is 26.9 Å². The molecule has 3 nitrogen and oxygen atoms in total. The molecule has 10 aromatic rings. The molecule has 50 heavy (non-hydrogen) atoms. The standard InChI is InChI=1S/C46H29N3S/c1-4-14-30(15-5-1)32-26-27-40-39(29-32)37-24-13-23-36(44(37)49(40)35-20-8-3-9-21-35)33-18-12-19-34(28-33)46-47-42(31-16-6-2-7-17-31)45-43(48-46)38-22-10-11-25-41(38)50-45/h1-29H. The molecule has 0 saturated carbocycles. The number of para-hydroxylation sites is 2. The Labute approximate surface area is 293 Å². The van der Waals surface area contributed by atoms with E-state index in [2.05, 4.69) is 180 Å². The lowest BCUT2D eigenvalue weighted by Gasteiger charge is -2.13. The lowest BCUT2D eigenvalue weighted by Crippen LogP contribution is -1.96. The van der Waals surface area contributed by atoms with Crippen LogP contribution in [-0.4, -0.2) is 14.5 Å². The lowest BCUT2D eigenvalue weighted by atomic mass is 9.98. The second-order valence-corrected chi connectivity index (χ2v) is 13.6. The monoisotopic (exact) mass is 655 g/mol. The van der Waals surface area contributed by atoms with Gasteiger partial charge in [0.2, 0.25) is 0 Å². The summed E-state index contributed by atoms with van der Waals surface area (Å²) in [6.45, 7) is 0. The van der Waals surface area contributed by atoms with Crippen LogP contribution in [0.5, 0.6) is 0 Å². The van der Waals surface area contributed by atoms with Crippen molar-refractivity contribution < 1.29 is 0 Å². The summed E-state index contributed by atoms with van der Waals surface area (Å²) in [7, 11) is 0. The van der Waals surface area contributed by atoms with Crippen LogP contribution in [0.3, 0.4) is 0 Å². The predicted octanol–water partition coefficient (Wildman–Crippen LogP) is 12.6. The third kappa shape index (κ3) is 4.65. The minimum absolute atomic E-state index is 0.727. The number of aromatic nitrogens is 3. The first-order chi connectivity index (χ1) is 24.8. The number of benzene rings is 7. The average Bonchev–Trinajstić information content (AvgIpc) is 3.74. The molecule has 0 aliphatic rings. The van der Waals surface area contributed by atoms with Gasteiger partial charge in [-0.05, 0) is 53.1 Å². The normalized spacial score (nSPS) is 11.6. The fraction of sp³-hybridized carbons (Fsp3) is 0. The van der Waals surface area contributed by atoms with Crippen molar-refractivity contribution >= 4 is 53.4 Å². The van der Waals surface area contributed by atoms with Crippen LogP contribution in [0.1, 0.15) is 0 Å². The number of fused-ring (bicyclic) bond motifs is 6. The molecule has 0 radical (unpaired) electrons. The largest absolute Gasteiger partial charge is 0.309 e. The van der Waals surface area contributed by atoms with Crippen LogP contribution >= 0.6 is 11.3 Å². The van der Waals surface area contributed by atoms with E-state index in [1.54, 1.807) is 11.3 Å². The summed E-state index contributed by atoms with van der Waals surface area (Å²) in [5, 5.41) is 3.61. The Bertz CT molecular complexity index is 2850. The van der Waals surface area contributed by atoms with Crippen molar-refractivity contribution in [2.75, 3.05) is 0 Å². The molecule has 0 unspecified atom stereocenters. The molecule has 3 aromatic heterocycles. The zero-order valence-electron chi connectivity index (χ0n) is 27.0. The van der Waals surface area contributed by atoms with Crippen molar-refractivity contribution in [3.8, 4) is 50.6 Å². The van der Waals surface area contributed by atoms with E-state index >= 15 is 0 Å². The number of rotatable bonds is 5. The molecule has 4 heteroatoms. The zero-order chi connectivity index (χ0) is 33.0. The summed E-state index contributed by atoms with van der Waals surface area (Å²) in [4.78, 5) is 10.5. The molecule has 0 spiro atoms. The topological polar surface area (TPSA) is 30.7 Å². The predicted molar refractivity (Wildman–Crippen MR) is 211 cm³/mol. The number of hydrogen-bond donors (Lipinski definition) is 0. The lowest BCUT2D eigenvalue weighted by molar-refractivity contribution is 1.18. The van der Waals surface area contributed by atoms with E-state index in [1.807, 2.05) is 0 Å². The Morgan fingerprint density at radius 2 is 1.10 bits per heavy atom. The molecule has 0 N–H and O–H groups in total. The van der Waals surface area contributed by atoms with Gasteiger partial charge in [-0.3, -0.25) is 0 Å². The summed E-state index contributed by atoms with van der Waals surface area (Å²) in [6, 6.07) is 62.5. The van der Waals surface area contributed by atoms with Crippen molar-refractivity contribution in [3.63, 3.8) is 0 Å². The molecule has 0 atom stereocenters. The van der Waals surface area contributed by atoms with Gasteiger partial charge in [-0.1, -0.05) is 140 Å². The number of hydrogen-bond acceptors (Lipinski definition) is 3. The highest BCUT2D eigenvalue weighted by Crippen LogP contribution is 2.42. The summed E-state index contributed by atoms with van der Waals surface area (Å²) in [6.07, 6.45) is 0. The highest BCUT2D eigenvalue weighted by molar-refractivity contribution is 7.26. The van der Waals surface area contributed by atoms with Crippen LogP contribution in [0.25, 0.3) is 92.7 Å². The first kappa shape index (κ1) is 28.6. The Kier molecular flexibility index (Phi) is 6.68. The van der Waals surface area contributed by atoms with E-state index in [0.717, 1.165) is 55.1 Å². The minimum Gasteiger partial charge on any atom is -0.309 e. The van der Waals surface area contributed by atoms with Crippen LogP contribution in [0, 0.1) is 0 Å². The maximum absolute atomic E-state index is 5.27. The molecule has 0 fully saturated rings.